The summed E-state index contributed by atoms with van der Waals surface area (Å²) in [4.78, 5) is 21.3. The Labute approximate surface area is 139 Å². The Balaban J connectivity index is 1.50. The minimum Gasteiger partial charge on any atom is -0.376 e. The summed E-state index contributed by atoms with van der Waals surface area (Å²) in [5.41, 5.74) is 1.70. The summed E-state index contributed by atoms with van der Waals surface area (Å²) in [5, 5.41) is 0.652. The molecule has 6 nitrogen and oxygen atoms in total. The number of carbonyl (C=O) groups excluding carboxylic acids is 1. The van der Waals surface area contributed by atoms with Crippen LogP contribution in [0.1, 0.15) is 18.7 Å². The first-order chi connectivity index (χ1) is 11.1. The number of carbonyl (C=O) groups is 1. The van der Waals surface area contributed by atoms with Gasteiger partial charge in [0.25, 0.3) is 0 Å². The topological polar surface area (TPSA) is 67.5 Å². The lowest BCUT2D eigenvalue weighted by Gasteiger charge is -2.16. The largest absolute Gasteiger partial charge is 0.376 e. The van der Waals surface area contributed by atoms with E-state index in [0.29, 0.717) is 18.2 Å². The van der Waals surface area contributed by atoms with E-state index < -0.39 is 0 Å². The molecule has 0 radical (unpaired) electrons. The van der Waals surface area contributed by atoms with Crippen molar-refractivity contribution in [2.45, 2.75) is 25.5 Å². The van der Waals surface area contributed by atoms with Gasteiger partial charge in [-0.15, -0.1) is 0 Å². The molecule has 1 aromatic carbocycles. The Morgan fingerprint density at radius 3 is 3.22 bits per heavy atom. The fourth-order valence-electron chi connectivity index (χ4n) is 2.59. The number of ether oxygens (including phenoxy) is 2. The van der Waals surface area contributed by atoms with E-state index in [-0.39, 0.29) is 18.6 Å². The van der Waals surface area contributed by atoms with E-state index in [1.54, 1.807) is 18.0 Å². The molecule has 1 N–H and O–H groups in total. The lowest BCUT2D eigenvalue weighted by molar-refractivity contribution is -0.136. The van der Waals surface area contributed by atoms with Crippen molar-refractivity contribution in [2.75, 3.05) is 26.9 Å². The van der Waals surface area contributed by atoms with Crippen molar-refractivity contribution in [3.63, 3.8) is 0 Å². The van der Waals surface area contributed by atoms with Crippen LogP contribution in [0.3, 0.4) is 0 Å². The van der Waals surface area contributed by atoms with E-state index in [1.807, 2.05) is 12.1 Å². The lowest BCUT2D eigenvalue weighted by Crippen LogP contribution is -2.31. The summed E-state index contributed by atoms with van der Waals surface area (Å²) in [7, 11) is 1.73. The van der Waals surface area contributed by atoms with Crippen molar-refractivity contribution in [3.05, 3.63) is 29.0 Å². The maximum Gasteiger partial charge on any atom is 0.248 e. The Hall–Kier alpha value is -1.63. The van der Waals surface area contributed by atoms with Crippen LogP contribution in [0, 0.1) is 0 Å². The molecule has 1 fully saturated rings. The molecule has 2 aromatic rings. The molecule has 1 aromatic heterocycles. The number of rotatable bonds is 6. The van der Waals surface area contributed by atoms with E-state index >= 15 is 0 Å². The highest BCUT2D eigenvalue weighted by Crippen LogP contribution is 2.17. The SMILES string of the molecule is CN(Cc1nc2ccc(Cl)cc2[nH]1)C(=O)COCC1CCCO1. The Bertz CT molecular complexity index is 682. The van der Waals surface area contributed by atoms with Gasteiger partial charge in [-0.3, -0.25) is 4.79 Å². The number of likely N-dealkylation sites (N-methyl/N-ethyl adjacent to an activating group) is 1. The summed E-state index contributed by atoms with van der Waals surface area (Å²) in [6, 6.07) is 5.46. The predicted octanol–water partition coefficient (Wildman–Crippen LogP) is 2.37. The van der Waals surface area contributed by atoms with Crippen LogP contribution < -0.4 is 0 Å². The van der Waals surface area contributed by atoms with E-state index in [0.717, 1.165) is 36.3 Å². The molecule has 1 amide bonds. The Kier molecular flexibility index (Phi) is 5.15. The van der Waals surface area contributed by atoms with Crippen LogP contribution in [0.25, 0.3) is 11.0 Å². The van der Waals surface area contributed by atoms with Crippen molar-refractivity contribution >= 4 is 28.5 Å². The highest BCUT2D eigenvalue weighted by atomic mass is 35.5. The maximum absolute atomic E-state index is 12.1. The minimum absolute atomic E-state index is 0.0580. The zero-order chi connectivity index (χ0) is 16.2. The number of hydrogen-bond acceptors (Lipinski definition) is 4. The summed E-state index contributed by atoms with van der Waals surface area (Å²) < 4.78 is 10.9. The van der Waals surface area contributed by atoms with Crippen LogP contribution in [-0.2, 0) is 20.8 Å². The molecule has 0 saturated carbocycles. The van der Waals surface area contributed by atoms with Crippen LogP contribution in [0.4, 0.5) is 0 Å². The molecular formula is C16H20ClN3O3. The molecule has 0 spiro atoms. The zero-order valence-corrected chi connectivity index (χ0v) is 13.8. The van der Waals surface area contributed by atoms with E-state index in [4.69, 9.17) is 21.1 Å². The van der Waals surface area contributed by atoms with Gasteiger partial charge in [0.15, 0.2) is 0 Å². The van der Waals surface area contributed by atoms with E-state index in [2.05, 4.69) is 9.97 Å². The standard InChI is InChI=1S/C16H20ClN3O3/c1-20(16(21)10-22-9-12-3-2-6-23-12)8-15-18-13-5-4-11(17)7-14(13)19-15/h4-5,7,12H,2-3,6,8-10H2,1H3,(H,18,19). The number of amides is 1. The van der Waals surface area contributed by atoms with Gasteiger partial charge in [-0.05, 0) is 31.0 Å². The second-order valence-electron chi connectivity index (χ2n) is 5.74. The van der Waals surface area contributed by atoms with Gasteiger partial charge in [0, 0.05) is 18.7 Å². The molecule has 1 atom stereocenters. The number of fused-ring (bicyclic) bond motifs is 1. The fraction of sp³-hybridized carbons (Fsp3) is 0.500. The molecule has 1 aliphatic rings. The smallest absolute Gasteiger partial charge is 0.248 e. The van der Waals surface area contributed by atoms with Crippen LogP contribution in [0.2, 0.25) is 5.02 Å². The van der Waals surface area contributed by atoms with Crippen molar-refractivity contribution in [1.29, 1.82) is 0 Å². The molecule has 23 heavy (non-hydrogen) atoms. The molecule has 1 saturated heterocycles. The Morgan fingerprint density at radius 2 is 2.43 bits per heavy atom. The van der Waals surface area contributed by atoms with Gasteiger partial charge < -0.3 is 19.4 Å². The molecule has 3 rings (SSSR count). The van der Waals surface area contributed by atoms with Crippen LogP contribution in [0.5, 0.6) is 0 Å². The third-order valence-electron chi connectivity index (χ3n) is 3.86. The number of nitrogens with one attached hydrogen (secondary N) is 1. The number of halogens is 1. The van der Waals surface area contributed by atoms with Gasteiger partial charge in [-0.1, -0.05) is 11.6 Å². The summed E-state index contributed by atoms with van der Waals surface area (Å²) in [6.45, 7) is 1.72. The molecule has 124 valence electrons. The average Bonchev–Trinajstić information content (AvgIpc) is 3.15. The maximum atomic E-state index is 12.1. The predicted molar refractivity (Wildman–Crippen MR) is 87.4 cm³/mol. The molecular weight excluding hydrogens is 318 g/mol. The highest BCUT2D eigenvalue weighted by molar-refractivity contribution is 6.31. The fourth-order valence-corrected chi connectivity index (χ4v) is 2.76. The first-order valence-corrected chi connectivity index (χ1v) is 8.07. The zero-order valence-electron chi connectivity index (χ0n) is 13.0. The van der Waals surface area contributed by atoms with Gasteiger partial charge >= 0.3 is 0 Å². The molecule has 1 unspecified atom stereocenters. The van der Waals surface area contributed by atoms with Crippen molar-refractivity contribution < 1.29 is 14.3 Å². The molecule has 0 aliphatic carbocycles. The second kappa shape index (κ2) is 7.29. The van der Waals surface area contributed by atoms with Crippen molar-refractivity contribution in [2.24, 2.45) is 0 Å². The van der Waals surface area contributed by atoms with Crippen LogP contribution in [0.15, 0.2) is 18.2 Å². The first kappa shape index (κ1) is 16.2. The number of hydrogen-bond donors (Lipinski definition) is 1. The average molecular weight is 338 g/mol. The molecule has 1 aliphatic heterocycles. The van der Waals surface area contributed by atoms with Gasteiger partial charge in [0.05, 0.1) is 30.3 Å². The minimum atomic E-state index is -0.0820. The normalized spacial score (nSPS) is 17.7. The van der Waals surface area contributed by atoms with E-state index in [1.165, 1.54) is 0 Å². The van der Waals surface area contributed by atoms with Crippen molar-refractivity contribution in [3.8, 4) is 0 Å². The number of imidazole rings is 1. The van der Waals surface area contributed by atoms with Gasteiger partial charge in [-0.25, -0.2) is 4.98 Å². The quantitative estimate of drug-likeness (QED) is 0.878. The summed E-state index contributed by atoms with van der Waals surface area (Å²) in [5.74, 6) is 0.638. The number of benzene rings is 1. The first-order valence-electron chi connectivity index (χ1n) is 7.69. The van der Waals surface area contributed by atoms with Crippen LogP contribution in [-0.4, -0.2) is 53.7 Å². The molecule has 7 heteroatoms. The number of aromatic nitrogens is 2. The summed E-state index contributed by atoms with van der Waals surface area (Å²) >= 11 is 5.96. The van der Waals surface area contributed by atoms with Gasteiger partial charge in [0.1, 0.15) is 12.4 Å². The summed E-state index contributed by atoms with van der Waals surface area (Å²) in [6.07, 6.45) is 2.21. The lowest BCUT2D eigenvalue weighted by atomic mass is 10.2. The van der Waals surface area contributed by atoms with Gasteiger partial charge in [-0.2, -0.15) is 0 Å². The van der Waals surface area contributed by atoms with Gasteiger partial charge in [0.2, 0.25) is 5.91 Å². The van der Waals surface area contributed by atoms with E-state index in [9.17, 15) is 4.79 Å². The molecule has 0 bridgehead atoms. The third kappa shape index (κ3) is 4.22. The van der Waals surface area contributed by atoms with Crippen molar-refractivity contribution in [1.82, 2.24) is 14.9 Å². The highest BCUT2D eigenvalue weighted by Gasteiger charge is 2.17. The number of H-pyrrole nitrogens is 1. The number of aromatic amines is 1. The number of nitrogens with zero attached hydrogens (tertiary/aromatic N) is 2. The monoisotopic (exact) mass is 337 g/mol. The van der Waals surface area contributed by atoms with Crippen LogP contribution >= 0.6 is 11.6 Å². The Morgan fingerprint density at radius 1 is 1.57 bits per heavy atom. The molecule has 2 heterocycles. The second-order valence-corrected chi connectivity index (χ2v) is 6.18. The third-order valence-corrected chi connectivity index (χ3v) is 4.09.